The van der Waals surface area contributed by atoms with Crippen molar-refractivity contribution in [3.8, 4) is 5.75 Å². The number of fused-ring (bicyclic) bond motifs is 1. The predicted molar refractivity (Wildman–Crippen MR) is 130 cm³/mol. The molecule has 4 rings (SSSR count). The van der Waals surface area contributed by atoms with Gasteiger partial charge in [0.15, 0.2) is 10.5 Å². The minimum atomic E-state index is -4.97. The number of thiazole rings is 1. The number of carbonyl (C=O) groups is 1. The molecule has 11 heteroatoms. The Balaban J connectivity index is 2.03. The fourth-order valence-corrected chi connectivity index (χ4v) is 5.01. The van der Waals surface area contributed by atoms with Gasteiger partial charge in [-0.05, 0) is 54.8 Å². The summed E-state index contributed by atoms with van der Waals surface area (Å²) in [7, 11) is 1.52. The molecule has 0 fully saturated rings. The smallest absolute Gasteiger partial charge is 0.434 e. The van der Waals surface area contributed by atoms with Gasteiger partial charge in [0.25, 0.3) is 5.56 Å². The van der Waals surface area contributed by atoms with Crippen LogP contribution >= 0.6 is 22.9 Å². The largest absolute Gasteiger partial charge is 0.496 e. The Labute approximate surface area is 212 Å². The standard InChI is InChI=1S/C25H20ClF3N2O4S/c1-4-35-23(33)19-20(15-7-9-16(26)10-8-15)31-22(32)18(36-24(31)30-21(19)25(27,28)29)12-14-6-5-13(2)17(11-14)34-3/h5-12,20H,4H2,1-3H3/b18-12-/t20-/m1/s1. The number of alkyl halides is 3. The van der Waals surface area contributed by atoms with E-state index < -0.39 is 35.0 Å². The normalized spacial score (nSPS) is 16.0. The van der Waals surface area contributed by atoms with E-state index in [1.807, 2.05) is 6.92 Å². The van der Waals surface area contributed by atoms with Gasteiger partial charge < -0.3 is 9.47 Å². The van der Waals surface area contributed by atoms with Crippen molar-refractivity contribution in [3.05, 3.63) is 95.1 Å². The number of carbonyl (C=O) groups excluding carboxylic acids is 1. The SMILES string of the molecule is CCOC(=O)C1=C(C(F)(F)F)N=c2s/c(=C\c3ccc(C)c(OC)c3)c(=O)n2[C@@H]1c1ccc(Cl)cc1. The summed E-state index contributed by atoms with van der Waals surface area (Å²) < 4.78 is 53.9. The lowest BCUT2D eigenvalue weighted by Crippen LogP contribution is -2.41. The molecular formula is C25H20ClF3N2O4S. The first-order valence-electron chi connectivity index (χ1n) is 10.8. The molecule has 0 saturated carbocycles. The van der Waals surface area contributed by atoms with Crippen LogP contribution in [-0.2, 0) is 9.53 Å². The van der Waals surface area contributed by atoms with E-state index in [1.165, 1.54) is 38.3 Å². The van der Waals surface area contributed by atoms with Crippen molar-refractivity contribution in [1.82, 2.24) is 4.57 Å². The topological polar surface area (TPSA) is 69.9 Å². The highest BCUT2D eigenvalue weighted by molar-refractivity contribution is 7.07. The molecule has 0 saturated heterocycles. The fraction of sp³-hybridized carbons (Fsp3) is 0.240. The molecule has 1 aromatic heterocycles. The number of ether oxygens (including phenoxy) is 2. The van der Waals surface area contributed by atoms with Gasteiger partial charge in [-0.15, -0.1) is 0 Å². The maximum Gasteiger partial charge on any atom is 0.434 e. The second-order valence-electron chi connectivity index (χ2n) is 7.84. The van der Waals surface area contributed by atoms with Crippen molar-refractivity contribution < 1.29 is 27.4 Å². The van der Waals surface area contributed by atoms with Crippen LogP contribution in [0.4, 0.5) is 13.2 Å². The Kier molecular flexibility index (Phi) is 7.10. The molecule has 188 valence electrons. The molecular weight excluding hydrogens is 517 g/mol. The van der Waals surface area contributed by atoms with Crippen molar-refractivity contribution in [1.29, 1.82) is 0 Å². The first-order chi connectivity index (χ1) is 17.0. The molecule has 1 aliphatic heterocycles. The maximum absolute atomic E-state index is 14.1. The number of benzene rings is 2. The third-order valence-corrected chi connectivity index (χ3v) is 6.75. The molecule has 2 heterocycles. The minimum Gasteiger partial charge on any atom is -0.496 e. The van der Waals surface area contributed by atoms with Crippen LogP contribution in [0.15, 0.2) is 63.5 Å². The number of aryl methyl sites for hydroxylation is 1. The number of aromatic nitrogens is 1. The van der Waals surface area contributed by atoms with Gasteiger partial charge in [0.05, 0.1) is 29.9 Å². The zero-order valence-corrected chi connectivity index (χ0v) is 20.9. The molecule has 36 heavy (non-hydrogen) atoms. The molecule has 6 nitrogen and oxygen atoms in total. The highest BCUT2D eigenvalue weighted by Crippen LogP contribution is 2.38. The van der Waals surface area contributed by atoms with E-state index >= 15 is 0 Å². The van der Waals surface area contributed by atoms with Crippen LogP contribution in [0, 0.1) is 6.92 Å². The third kappa shape index (κ3) is 4.83. The number of hydrogen-bond acceptors (Lipinski definition) is 6. The molecule has 0 bridgehead atoms. The summed E-state index contributed by atoms with van der Waals surface area (Å²) in [5.41, 5.74) is -1.00. The summed E-state index contributed by atoms with van der Waals surface area (Å²) in [6.07, 6.45) is -3.42. The molecule has 0 aliphatic carbocycles. The van der Waals surface area contributed by atoms with Crippen LogP contribution in [0.5, 0.6) is 5.75 Å². The van der Waals surface area contributed by atoms with Gasteiger partial charge in [-0.1, -0.05) is 47.2 Å². The van der Waals surface area contributed by atoms with Crippen LogP contribution in [0.3, 0.4) is 0 Å². The van der Waals surface area contributed by atoms with Crippen molar-refractivity contribution in [2.75, 3.05) is 13.7 Å². The molecule has 0 unspecified atom stereocenters. The lowest BCUT2D eigenvalue weighted by molar-refractivity contribution is -0.140. The summed E-state index contributed by atoms with van der Waals surface area (Å²) >= 11 is 6.78. The van der Waals surface area contributed by atoms with Gasteiger partial charge in [-0.2, -0.15) is 13.2 Å². The third-order valence-electron chi connectivity index (χ3n) is 5.51. The molecule has 1 atom stereocenters. The first kappa shape index (κ1) is 25.7. The first-order valence-corrected chi connectivity index (χ1v) is 11.9. The summed E-state index contributed by atoms with van der Waals surface area (Å²) in [5.74, 6) is -0.606. The Morgan fingerprint density at radius 1 is 1.22 bits per heavy atom. The number of allylic oxidation sites excluding steroid dienone is 1. The summed E-state index contributed by atoms with van der Waals surface area (Å²) in [5, 5.41) is 0.345. The number of hydrogen-bond donors (Lipinski definition) is 0. The average Bonchev–Trinajstić information content (AvgIpc) is 3.14. The van der Waals surface area contributed by atoms with Crippen molar-refractivity contribution in [2.24, 2.45) is 4.99 Å². The monoisotopic (exact) mass is 536 g/mol. The van der Waals surface area contributed by atoms with E-state index in [0.717, 1.165) is 21.5 Å². The van der Waals surface area contributed by atoms with Crippen LogP contribution < -0.4 is 19.6 Å². The summed E-state index contributed by atoms with van der Waals surface area (Å²) in [6, 6.07) is 9.75. The zero-order chi connectivity index (χ0) is 26.2. The molecule has 3 aromatic rings. The maximum atomic E-state index is 14.1. The van der Waals surface area contributed by atoms with Crippen molar-refractivity contribution >= 4 is 35.0 Å². The van der Waals surface area contributed by atoms with E-state index in [9.17, 15) is 22.8 Å². The molecule has 2 aromatic carbocycles. The van der Waals surface area contributed by atoms with Gasteiger partial charge in [0, 0.05) is 5.02 Å². The van der Waals surface area contributed by atoms with Gasteiger partial charge in [0.1, 0.15) is 5.75 Å². The fourth-order valence-electron chi connectivity index (χ4n) is 3.88. The van der Waals surface area contributed by atoms with E-state index in [2.05, 4.69) is 4.99 Å². The highest BCUT2D eigenvalue weighted by Gasteiger charge is 2.45. The van der Waals surface area contributed by atoms with Gasteiger partial charge in [-0.25, -0.2) is 9.79 Å². The number of halogens is 4. The lowest BCUT2D eigenvalue weighted by atomic mass is 9.95. The Morgan fingerprint density at radius 3 is 2.53 bits per heavy atom. The quantitative estimate of drug-likeness (QED) is 0.456. The number of nitrogens with zero attached hydrogens (tertiary/aromatic N) is 2. The summed E-state index contributed by atoms with van der Waals surface area (Å²) in [4.78, 5) is 29.9. The van der Waals surface area contributed by atoms with Crippen LogP contribution in [-0.4, -0.2) is 30.4 Å². The molecule has 0 radical (unpaired) electrons. The van der Waals surface area contributed by atoms with E-state index in [0.29, 0.717) is 16.3 Å². The number of methoxy groups -OCH3 is 1. The van der Waals surface area contributed by atoms with E-state index in [4.69, 9.17) is 21.1 Å². The van der Waals surface area contributed by atoms with Crippen molar-refractivity contribution in [3.63, 3.8) is 0 Å². The van der Waals surface area contributed by atoms with Crippen LogP contribution in [0.25, 0.3) is 6.08 Å². The van der Waals surface area contributed by atoms with E-state index in [-0.39, 0.29) is 21.5 Å². The minimum absolute atomic E-state index is 0.144. The molecule has 1 aliphatic rings. The number of rotatable bonds is 5. The second-order valence-corrected chi connectivity index (χ2v) is 9.29. The van der Waals surface area contributed by atoms with Gasteiger partial charge in [-0.3, -0.25) is 9.36 Å². The summed E-state index contributed by atoms with van der Waals surface area (Å²) in [6.45, 7) is 3.19. The Bertz CT molecular complexity index is 1540. The van der Waals surface area contributed by atoms with Crippen molar-refractivity contribution in [2.45, 2.75) is 26.1 Å². The predicted octanol–water partition coefficient (Wildman–Crippen LogP) is 4.31. The van der Waals surface area contributed by atoms with Gasteiger partial charge in [0.2, 0.25) is 0 Å². The Morgan fingerprint density at radius 2 is 1.92 bits per heavy atom. The second kappa shape index (κ2) is 9.94. The molecule has 0 amide bonds. The number of esters is 1. The average molecular weight is 537 g/mol. The molecule has 0 N–H and O–H groups in total. The van der Waals surface area contributed by atoms with Crippen LogP contribution in [0.2, 0.25) is 5.02 Å². The van der Waals surface area contributed by atoms with E-state index in [1.54, 1.807) is 24.3 Å². The Hall–Kier alpha value is -3.37. The lowest BCUT2D eigenvalue weighted by Gasteiger charge is -2.26. The van der Waals surface area contributed by atoms with Gasteiger partial charge >= 0.3 is 12.1 Å². The van der Waals surface area contributed by atoms with Crippen LogP contribution in [0.1, 0.15) is 29.7 Å². The highest BCUT2D eigenvalue weighted by atomic mass is 35.5. The zero-order valence-electron chi connectivity index (χ0n) is 19.4. The molecule has 0 spiro atoms.